The lowest BCUT2D eigenvalue weighted by Gasteiger charge is -2.26. The van der Waals surface area contributed by atoms with Crippen LogP contribution in [0.3, 0.4) is 0 Å². The van der Waals surface area contributed by atoms with Crippen LogP contribution in [-0.2, 0) is 9.59 Å². The number of likely N-dealkylation sites (N-methyl/N-ethyl adjacent to an activating group) is 2. The number of anilines is 1. The van der Waals surface area contributed by atoms with Gasteiger partial charge in [0.05, 0.1) is 14.2 Å². The van der Waals surface area contributed by atoms with Gasteiger partial charge >= 0.3 is 0 Å². The molecule has 2 atom stereocenters. The van der Waals surface area contributed by atoms with Crippen molar-refractivity contribution in [2.24, 2.45) is 0 Å². The summed E-state index contributed by atoms with van der Waals surface area (Å²) >= 11 is 0. The Kier molecular flexibility index (Phi) is 6.74. The Balaban J connectivity index is 2.11. The van der Waals surface area contributed by atoms with E-state index >= 15 is 0 Å². The highest BCUT2D eigenvalue weighted by atomic mass is 16.5. The molecule has 6 nitrogen and oxygen atoms in total. The van der Waals surface area contributed by atoms with Crippen LogP contribution in [0, 0.1) is 0 Å². The first-order chi connectivity index (χ1) is 12.4. The molecule has 2 rings (SSSR count). The molecular formula is C20H26N3O3+. The predicted octanol–water partition coefficient (Wildman–Crippen LogP) is 0.978. The third-order valence-corrected chi connectivity index (χ3v) is 4.11. The summed E-state index contributed by atoms with van der Waals surface area (Å²) in [6.07, 6.45) is 0. The molecule has 2 aromatic carbocycles. The first kappa shape index (κ1) is 19.5. The van der Waals surface area contributed by atoms with E-state index in [1.165, 1.54) is 0 Å². The fourth-order valence-corrected chi connectivity index (χ4v) is 2.80. The Morgan fingerprint density at radius 2 is 1.81 bits per heavy atom. The van der Waals surface area contributed by atoms with E-state index in [9.17, 15) is 9.59 Å². The number of carbonyl (C=O) groups is 2. The molecule has 1 unspecified atom stereocenters. The minimum Gasteiger partial charge on any atom is -0.497 e. The smallest absolute Gasteiger partial charge is 0.285 e. The number of hydrogen-bond acceptors (Lipinski definition) is 3. The molecule has 2 amide bonds. The van der Waals surface area contributed by atoms with Gasteiger partial charge in [0, 0.05) is 31.4 Å². The molecule has 0 saturated carbocycles. The lowest BCUT2D eigenvalue weighted by Crippen LogP contribution is -3.11. The Bertz CT molecular complexity index is 747. The summed E-state index contributed by atoms with van der Waals surface area (Å²) in [5.74, 6) is 0.472. The van der Waals surface area contributed by atoms with Crippen LogP contribution < -0.4 is 15.0 Å². The number of carbonyl (C=O) groups excluding carboxylic acids is 2. The molecular weight excluding hydrogens is 330 g/mol. The molecule has 0 saturated heterocycles. The van der Waals surface area contributed by atoms with Gasteiger partial charge in [-0.3, -0.25) is 9.59 Å². The molecule has 2 N–H and O–H groups in total. The maximum Gasteiger partial charge on any atom is 0.285 e. The van der Waals surface area contributed by atoms with E-state index in [0.717, 1.165) is 10.5 Å². The second-order valence-corrected chi connectivity index (χ2v) is 6.38. The lowest BCUT2D eigenvalue weighted by molar-refractivity contribution is -0.894. The van der Waals surface area contributed by atoms with Crippen LogP contribution in [0.15, 0.2) is 54.6 Å². The first-order valence-corrected chi connectivity index (χ1v) is 8.44. The largest absolute Gasteiger partial charge is 0.497 e. The minimum atomic E-state index is -0.442. The number of rotatable bonds is 7. The quantitative estimate of drug-likeness (QED) is 0.777. The van der Waals surface area contributed by atoms with Gasteiger partial charge in [-0.2, -0.15) is 0 Å². The van der Waals surface area contributed by atoms with Crippen molar-refractivity contribution in [1.82, 2.24) is 4.90 Å². The summed E-state index contributed by atoms with van der Waals surface area (Å²) in [5, 5.41) is 2.86. The van der Waals surface area contributed by atoms with E-state index in [-0.39, 0.29) is 18.4 Å². The number of nitrogens with zero attached hydrogens (tertiary/aromatic N) is 1. The molecule has 26 heavy (non-hydrogen) atoms. The van der Waals surface area contributed by atoms with Gasteiger partial charge in [-0.15, -0.1) is 0 Å². The molecule has 138 valence electrons. The normalized spacial score (nSPS) is 12.8. The third kappa shape index (κ3) is 5.07. The molecule has 0 heterocycles. The average Bonchev–Trinajstić information content (AvgIpc) is 2.62. The summed E-state index contributed by atoms with van der Waals surface area (Å²) in [4.78, 5) is 27.5. The number of nitrogens with one attached hydrogen (secondary N) is 2. The van der Waals surface area contributed by atoms with Gasteiger partial charge in [-0.1, -0.05) is 36.4 Å². The van der Waals surface area contributed by atoms with Crippen LogP contribution in [0.2, 0.25) is 0 Å². The Morgan fingerprint density at radius 1 is 1.12 bits per heavy atom. The van der Waals surface area contributed by atoms with E-state index in [1.54, 1.807) is 38.2 Å². The SMILES string of the molecule is COc1cccc(NC(=O)C[NH+](C)[C@@H](C(=O)N(C)C)c2ccccc2)c1. The highest BCUT2D eigenvalue weighted by Gasteiger charge is 2.31. The van der Waals surface area contributed by atoms with Crippen molar-refractivity contribution < 1.29 is 19.2 Å². The topological polar surface area (TPSA) is 63.1 Å². The highest BCUT2D eigenvalue weighted by molar-refractivity contribution is 5.92. The fourth-order valence-electron chi connectivity index (χ4n) is 2.80. The Morgan fingerprint density at radius 3 is 2.42 bits per heavy atom. The molecule has 0 aliphatic heterocycles. The van der Waals surface area contributed by atoms with E-state index in [2.05, 4.69) is 5.32 Å². The van der Waals surface area contributed by atoms with Crippen LogP contribution in [0.25, 0.3) is 0 Å². The van der Waals surface area contributed by atoms with Gasteiger partial charge in [0.25, 0.3) is 11.8 Å². The highest BCUT2D eigenvalue weighted by Crippen LogP contribution is 2.16. The minimum absolute atomic E-state index is 0.0390. The zero-order chi connectivity index (χ0) is 19.1. The summed E-state index contributed by atoms with van der Waals surface area (Å²) in [6.45, 7) is 0.163. The molecule has 0 radical (unpaired) electrons. The predicted molar refractivity (Wildman–Crippen MR) is 101 cm³/mol. The summed E-state index contributed by atoms with van der Waals surface area (Å²) in [7, 11) is 6.88. The van der Waals surface area contributed by atoms with Gasteiger partial charge < -0.3 is 19.9 Å². The van der Waals surface area contributed by atoms with Crippen molar-refractivity contribution in [3.8, 4) is 5.75 Å². The maximum absolute atomic E-state index is 12.7. The Hall–Kier alpha value is -2.86. The van der Waals surface area contributed by atoms with Crippen molar-refractivity contribution in [2.75, 3.05) is 40.1 Å². The Labute approximate surface area is 154 Å². The van der Waals surface area contributed by atoms with Crippen LogP contribution in [0.1, 0.15) is 11.6 Å². The number of hydrogen-bond donors (Lipinski definition) is 2. The first-order valence-electron chi connectivity index (χ1n) is 8.44. The van der Waals surface area contributed by atoms with Crippen molar-refractivity contribution >= 4 is 17.5 Å². The number of methoxy groups -OCH3 is 1. The molecule has 0 aromatic heterocycles. The molecule has 0 aliphatic rings. The van der Waals surface area contributed by atoms with Crippen LogP contribution >= 0.6 is 0 Å². The van der Waals surface area contributed by atoms with E-state index in [4.69, 9.17) is 4.74 Å². The molecule has 0 spiro atoms. The third-order valence-electron chi connectivity index (χ3n) is 4.11. The maximum atomic E-state index is 12.7. The molecule has 2 aromatic rings. The van der Waals surface area contributed by atoms with E-state index in [1.807, 2.05) is 49.5 Å². The van der Waals surface area contributed by atoms with Crippen molar-refractivity contribution in [3.05, 3.63) is 60.2 Å². The lowest BCUT2D eigenvalue weighted by atomic mass is 10.0. The van der Waals surface area contributed by atoms with Crippen LogP contribution in [0.5, 0.6) is 5.75 Å². The second-order valence-electron chi connectivity index (χ2n) is 6.38. The summed E-state index contributed by atoms with van der Waals surface area (Å²) in [5.41, 5.74) is 1.55. The molecule has 0 aliphatic carbocycles. The summed E-state index contributed by atoms with van der Waals surface area (Å²) < 4.78 is 5.16. The molecule has 0 fully saturated rings. The van der Waals surface area contributed by atoms with Crippen molar-refractivity contribution in [3.63, 3.8) is 0 Å². The zero-order valence-corrected chi connectivity index (χ0v) is 15.7. The number of benzene rings is 2. The van der Waals surface area contributed by atoms with E-state index < -0.39 is 6.04 Å². The average molecular weight is 356 g/mol. The number of amides is 2. The second kappa shape index (κ2) is 9.01. The molecule has 0 bridgehead atoms. The standard InChI is InChI=1S/C20H25N3O3/c1-22(2)20(25)19(15-9-6-5-7-10-15)23(3)14-18(24)21-16-11-8-12-17(13-16)26-4/h5-13,19H,14H2,1-4H3,(H,21,24)/p+1/t19-/m1/s1. The van der Waals surface area contributed by atoms with Gasteiger partial charge in [0.1, 0.15) is 5.75 Å². The monoisotopic (exact) mass is 356 g/mol. The van der Waals surface area contributed by atoms with Gasteiger partial charge in [-0.05, 0) is 12.1 Å². The number of quaternary nitrogens is 1. The van der Waals surface area contributed by atoms with Gasteiger partial charge in [0.2, 0.25) is 0 Å². The van der Waals surface area contributed by atoms with Crippen molar-refractivity contribution in [2.45, 2.75) is 6.04 Å². The van der Waals surface area contributed by atoms with Crippen molar-refractivity contribution in [1.29, 1.82) is 0 Å². The van der Waals surface area contributed by atoms with Gasteiger partial charge in [-0.25, -0.2) is 0 Å². The van der Waals surface area contributed by atoms with Gasteiger partial charge in [0.15, 0.2) is 12.6 Å². The fraction of sp³-hybridized carbons (Fsp3) is 0.300. The summed E-state index contributed by atoms with van der Waals surface area (Å²) in [6, 6.07) is 16.3. The number of ether oxygens (including phenoxy) is 1. The zero-order valence-electron chi connectivity index (χ0n) is 15.7. The molecule has 6 heteroatoms. The van der Waals surface area contributed by atoms with Crippen LogP contribution in [0.4, 0.5) is 5.69 Å². The van der Waals surface area contributed by atoms with E-state index in [0.29, 0.717) is 11.4 Å². The van der Waals surface area contributed by atoms with Crippen LogP contribution in [-0.4, -0.2) is 51.5 Å².